The van der Waals surface area contributed by atoms with Gasteiger partial charge in [0.1, 0.15) is 5.82 Å². The van der Waals surface area contributed by atoms with Crippen LogP contribution in [0.2, 0.25) is 0 Å². The van der Waals surface area contributed by atoms with Crippen LogP contribution in [-0.4, -0.2) is 33.1 Å². The predicted molar refractivity (Wildman–Crippen MR) is 69.7 cm³/mol. The molecule has 0 aromatic carbocycles. The highest BCUT2D eigenvalue weighted by Gasteiger charge is 2.27. The average Bonchev–Trinajstić information content (AvgIpc) is 2.64. The summed E-state index contributed by atoms with van der Waals surface area (Å²) in [7, 11) is 0. The summed E-state index contributed by atoms with van der Waals surface area (Å²) in [5.74, 6) is 1.33. The number of hydrogen-bond acceptors (Lipinski definition) is 2. The Labute approximate surface area is 105 Å². The molecule has 1 aromatic rings. The van der Waals surface area contributed by atoms with Crippen molar-refractivity contribution in [1.82, 2.24) is 14.5 Å². The molecule has 1 saturated heterocycles. The summed E-state index contributed by atoms with van der Waals surface area (Å²) in [5.41, 5.74) is 0.277. The Bertz CT molecular complexity index is 362. The lowest BCUT2D eigenvalue weighted by molar-refractivity contribution is 0.0733. The van der Waals surface area contributed by atoms with Crippen LogP contribution in [0.15, 0.2) is 12.4 Å². The van der Waals surface area contributed by atoms with Gasteiger partial charge in [-0.05, 0) is 46.1 Å². The highest BCUT2D eigenvalue weighted by atomic mass is 15.2. The van der Waals surface area contributed by atoms with Crippen LogP contribution >= 0.6 is 0 Å². The Balaban J connectivity index is 1.96. The third-order valence-electron chi connectivity index (χ3n) is 3.67. The van der Waals surface area contributed by atoms with E-state index in [2.05, 4.69) is 35.2 Å². The molecule has 1 aromatic heterocycles. The van der Waals surface area contributed by atoms with Crippen molar-refractivity contribution >= 4 is 0 Å². The Morgan fingerprint density at radius 1 is 1.47 bits per heavy atom. The first kappa shape index (κ1) is 12.6. The minimum atomic E-state index is 0.277. The van der Waals surface area contributed by atoms with Gasteiger partial charge in [-0.25, -0.2) is 4.98 Å². The normalized spacial score (nSPS) is 22.9. The number of rotatable bonds is 2. The maximum atomic E-state index is 5.82. The molecule has 3 nitrogen and oxygen atoms in total. The Morgan fingerprint density at radius 2 is 2.24 bits per heavy atom. The molecule has 2 heterocycles. The minimum absolute atomic E-state index is 0.277. The summed E-state index contributed by atoms with van der Waals surface area (Å²) in [5, 5.41) is 0. The van der Waals surface area contributed by atoms with Crippen molar-refractivity contribution in [3.8, 4) is 0 Å². The molecule has 1 aliphatic rings. The molecule has 0 spiro atoms. The molecule has 0 amide bonds. The SMILES string of the molecule is [CH]c1nccn1C[C@@H]1CCCN(C(C)(C)C)C1. The van der Waals surface area contributed by atoms with E-state index < -0.39 is 0 Å². The lowest BCUT2D eigenvalue weighted by atomic mass is 9.93. The molecule has 2 rings (SSSR count). The van der Waals surface area contributed by atoms with Crippen molar-refractivity contribution < 1.29 is 0 Å². The van der Waals surface area contributed by atoms with Crippen LogP contribution in [0.5, 0.6) is 0 Å². The van der Waals surface area contributed by atoms with Gasteiger partial charge in [-0.1, -0.05) is 0 Å². The number of likely N-dealkylation sites (tertiary alicyclic amines) is 1. The van der Waals surface area contributed by atoms with E-state index in [1.54, 1.807) is 6.20 Å². The molecule has 0 saturated carbocycles. The monoisotopic (exact) mass is 233 g/mol. The number of hydrogen-bond donors (Lipinski definition) is 0. The molecular weight excluding hydrogens is 210 g/mol. The van der Waals surface area contributed by atoms with Crippen LogP contribution in [0.4, 0.5) is 0 Å². The minimum Gasteiger partial charge on any atom is -0.334 e. The van der Waals surface area contributed by atoms with Crippen molar-refractivity contribution in [1.29, 1.82) is 0 Å². The van der Waals surface area contributed by atoms with Gasteiger partial charge < -0.3 is 4.57 Å². The molecule has 1 fully saturated rings. The van der Waals surface area contributed by atoms with Gasteiger partial charge >= 0.3 is 0 Å². The van der Waals surface area contributed by atoms with Gasteiger partial charge in [0.15, 0.2) is 0 Å². The van der Waals surface area contributed by atoms with Gasteiger partial charge in [0, 0.05) is 37.9 Å². The van der Waals surface area contributed by atoms with Gasteiger partial charge in [0.05, 0.1) is 0 Å². The number of imidazole rings is 1. The first-order chi connectivity index (χ1) is 7.97. The average molecular weight is 233 g/mol. The second kappa shape index (κ2) is 4.81. The van der Waals surface area contributed by atoms with E-state index in [-0.39, 0.29) is 5.54 Å². The van der Waals surface area contributed by atoms with Gasteiger partial charge in [-0.2, -0.15) is 0 Å². The molecular formula is C14H23N3. The number of nitrogens with zero attached hydrogens (tertiary/aromatic N) is 3. The first-order valence-electron chi connectivity index (χ1n) is 6.48. The van der Waals surface area contributed by atoms with Crippen LogP contribution < -0.4 is 0 Å². The highest BCUT2D eigenvalue weighted by molar-refractivity contribution is 4.96. The smallest absolute Gasteiger partial charge is 0.113 e. The molecule has 2 radical (unpaired) electrons. The third kappa shape index (κ3) is 3.09. The highest BCUT2D eigenvalue weighted by Crippen LogP contribution is 2.24. The lowest BCUT2D eigenvalue weighted by Gasteiger charge is -2.41. The van der Waals surface area contributed by atoms with Gasteiger partial charge in [-0.3, -0.25) is 4.90 Å². The maximum absolute atomic E-state index is 5.82. The summed E-state index contributed by atoms with van der Waals surface area (Å²) in [6, 6.07) is 0. The van der Waals surface area contributed by atoms with Crippen LogP contribution in [-0.2, 0) is 6.54 Å². The zero-order chi connectivity index (χ0) is 12.5. The first-order valence-corrected chi connectivity index (χ1v) is 6.48. The van der Waals surface area contributed by atoms with Crippen LogP contribution in [0.3, 0.4) is 0 Å². The largest absolute Gasteiger partial charge is 0.334 e. The van der Waals surface area contributed by atoms with E-state index in [0.717, 1.165) is 6.54 Å². The van der Waals surface area contributed by atoms with Gasteiger partial charge in [-0.15, -0.1) is 0 Å². The van der Waals surface area contributed by atoms with Crippen molar-refractivity contribution in [2.75, 3.05) is 13.1 Å². The van der Waals surface area contributed by atoms with Crippen molar-refractivity contribution in [3.63, 3.8) is 0 Å². The number of aromatic nitrogens is 2. The van der Waals surface area contributed by atoms with E-state index in [0.29, 0.717) is 11.7 Å². The fourth-order valence-corrected chi connectivity index (χ4v) is 2.60. The Hall–Kier alpha value is -0.830. The fraction of sp³-hybridized carbons (Fsp3) is 0.714. The lowest BCUT2D eigenvalue weighted by Crippen LogP contribution is -2.47. The molecule has 0 bridgehead atoms. The second-order valence-electron chi connectivity index (χ2n) is 6.06. The molecule has 1 aliphatic heterocycles. The van der Waals surface area contributed by atoms with Crippen LogP contribution in [0.1, 0.15) is 39.4 Å². The summed E-state index contributed by atoms with van der Waals surface area (Å²) >= 11 is 0. The van der Waals surface area contributed by atoms with Crippen LogP contribution in [0, 0.1) is 12.8 Å². The zero-order valence-corrected chi connectivity index (χ0v) is 11.2. The Morgan fingerprint density at radius 3 is 2.82 bits per heavy atom. The van der Waals surface area contributed by atoms with E-state index in [1.807, 2.05) is 6.20 Å². The standard InChI is InChI=1S/C14H23N3/c1-12-15-7-9-16(12)10-13-6-5-8-17(11-13)14(2,3)4/h1,7,9,13H,5-6,8,10-11H2,2-4H3/t13-/m0/s1. The summed E-state index contributed by atoms with van der Waals surface area (Å²) in [6.45, 7) is 16.1. The molecule has 0 N–H and O–H groups in total. The molecule has 0 aliphatic carbocycles. The van der Waals surface area contributed by atoms with E-state index in [1.165, 1.54) is 25.9 Å². The van der Waals surface area contributed by atoms with Crippen molar-refractivity contribution in [3.05, 3.63) is 25.1 Å². The quantitative estimate of drug-likeness (QED) is 0.782. The van der Waals surface area contributed by atoms with Crippen molar-refractivity contribution in [2.45, 2.75) is 45.7 Å². The van der Waals surface area contributed by atoms with Crippen LogP contribution in [0.25, 0.3) is 0 Å². The number of piperidine rings is 1. The molecule has 94 valence electrons. The fourth-order valence-electron chi connectivity index (χ4n) is 2.60. The predicted octanol–water partition coefficient (Wildman–Crippen LogP) is 2.45. The van der Waals surface area contributed by atoms with E-state index in [4.69, 9.17) is 6.92 Å². The topological polar surface area (TPSA) is 21.1 Å². The molecule has 17 heavy (non-hydrogen) atoms. The molecule has 0 unspecified atom stereocenters. The molecule has 3 heteroatoms. The van der Waals surface area contributed by atoms with E-state index >= 15 is 0 Å². The third-order valence-corrected chi connectivity index (χ3v) is 3.67. The zero-order valence-electron chi connectivity index (χ0n) is 11.2. The Kier molecular flexibility index (Phi) is 3.57. The molecule has 1 atom stereocenters. The summed E-state index contributed by atoms with van der Waals surface area (Å²) < 4.78 is 2.07. The summed E-state index contributed by atoms with van der Waals surface area (Å²) in [6.07, 6.45) is 6.34. The van der Waals surface area contributed by atoms with Gasteiger partial charge in [0.25, 0.3) is 0 Å². The van der Waals surface area contributed by atoms with E-state index in [9.17, 15) is 0 Å². The van der Waals surface area contributed by atoms with Gasteiger partial charge in [0.2, 0.25) is 0 Å². The van der Waals surface area contributed by atoms with Crippen molar-refractivity contribution in [2.24, 2.45) is 5.92 Å². The second-order valence-corrected chi connectivity index (χ2v) is 6.06. The maximum Gasteiger partial charge on any atom is 0.113 e. The summed E-state index contributed by atoms with van der Waals surface area (Å²) in [4.78, 5) is 6.65.